The molecule has 1 aromatic carbocycles. The van der Waals surface area contributed by atoms with Gasteiger partial charge in [-0.05, 0) is 38.0 Å². The fraction of sp³-hybridized carbons (Fsp3) is 0.533. The molecule has 3 nitrogen and oxygen atoms in total. The zero-order valence-electron chi connectivity index (χ0n) is 11.9. The summed E-state index contributed by atoms with van der Waals surface area (Å²) in [5.41, 5.74) is 0.923. The number of hydrogen-bond acceptors (Lipinski definition) is 2. The molecule has 1 unspecified atom stereocenters. The summed E-state index contributed by atoms with van der Waals surface area (Å²) < 4.78 is 13.2. The Morgan fingerprint density at radius 3 is 2.68 bits per heavy atom. The van der Waals surface area contributed by atoms with Crippen LogP contribution in [0.5, 0.6) is 0 Å². The summed E-state index contributed by atoms with van der Waals surface area (Å²) in [6, 6.07) is 6.83. The van der Waals surface area contributed by atoms with Crippen LogP contribution < -0.4 is 10.6 Å². The Labute approximate surface area is 114 Å². The summed E-state index contributed by atoms with van der Waals surface area (Å²) in [4.78, 5) is 11.5. The number of nitrogens with one attached hydrogen (secondary N) is 2. The fourth-order valence-corrected chi connectivity index (χ4v) is 1.98. The van der Waals surface area contributed by atoms with Gasteiger partial charge in [0.2, 0.25) is 5.91 Å². The third-order valence-corrected chi connectivity index (χ3v) is 2.85. The summed E-state index contributed by atoms with van der Waals surface area (Å²) in [5, 5.41) is 6.13. The second-order valence-corrected chi connectivity index (χ2v) is 4.94. The average Bonchev–Trinajstić information content (AvgIpc) is 2.33. The van der Waals surface area contributed by atoms with Crippen LogP contribution in [-0.4, -0.2) is 18.5 Å². The number of carbonyl (C=O) groups excluding carboxylic acids is 1. The van der Waals surface area contributed by atoms with Crippen molar-refractivity contribution >= 4 is 5.91 Å². The third-order valence-electron chi connectivity index (χ3n) is 2.85. The van der Waals surface area contributed by atoms with E-state index in [2.05, 4.69) is 10.6 Å². The van der Waals surface area contributed by atoms with E-state index in [1.54, 1.807) is 6.07 Å². The van der Waals surface area contributed by atoms with Crippen LogP contribution in [0.3, 0.4) is 0 Å². The van der Waals surface area contributed by atoms with Crippen molar-refractivity contribution in [3.05, 3.63) is 35.6 Å². The molecule has 1 rings (SSSR count). The standard InChI is InChI=1S/C15H23FN2O/c1-4-14(12-6-5-7-13(16)10-12)17-9-8-15(19)18-11(2)3/h5-7,10-11,14,17H,4,8-9H2,1-3H3,(H,18,19). The van der Waals surface area contributed by atoms with Gasteiger partial charge in [0.15, 0.2) is 0 Å². The van der Waals surface area contributed by atoms with Crippen LogP contribution in [0.25, 0.3) is 0 Å². The van der Waals surface area contributed by atoms with E-state index in [0.29, 0.717) is 13.0 Å². The van der Waals surface area contributed by atoms with Gasteiger partial charge in [-0.2, -0.15) is 0 Å². The van der Waals surface area contributed by atoms with Crippen LogP contribution in [0.4, 0.5) is 4.39 Å². The minimum atomic E-state index is -0.227. The van der Waals surface area contributed by atoms with Crippen LogP contribution in [-0.2, 0) is 4.79 Å². The molecule has 0 aliphatic rings. The Hall–Kier alpha value is -1.42. The van der Waals surface area contributed by atoms with Crippen molar-refractivity contribution in [3.63, 3.8) is 0 Å². The molecule has 4 heteroatoms. The zero-order valence-corrected chi connectivity index (χ0v) is 11.9. The van der Waals surface area contributed by atoms with E-state index in [0.717, 1.165) is 12.0 Å². The van der Waals surface area contributed by atoms with Crippen molar-refractivity contribution in [2.45, 2.75) is 45.7 Å². The molecule has 1 atom stereocenters. The number of rotatable bonds is 7. The van der Waals surface area contributed by atoms with E-state index in [4.69, 9.17) is 0 Å². The molecule has 19 heavy (non-hydrogen) atoms. The Kier molecular flexibility index (Phi) is 6.50. The lowest BCUT2D eigenvalue weighted by Crippen LogP contribution is -2.33. The summed E-state index contributed by atoms with van der Waals surface area (Å²) in [5.74, 6) is -0.188. The third kappa shape index (κ3) is 5.83. The van der Waals surface area contributed by atoms with Crippen molar-refractivity contribution in [2.24, 2.45) is 0 Å². The van der Waals surface area contributed by atoms with Gasteiger partial charge in [0.1, 0.15) is 5.82 Å². The first-order valence-corrected chi connectivity index (χ1v) is 6.81. The van der Waals surface area contributed by atoms with Gasteiger partial charge in [-0.25, -0.2) is 4.39 Å². The van der Waals surface area contributed by atoms with Gasteiger partial charge < -0.3 is 10.6 Å². The first-order chi connectivity index (χ1) is 9.02. The number of halogens is 1. The number of benzene rings is 1. The number of carbonyl (C=O) groups is 1. The molecule has 2 N–H and O–H groups in total. The quantitative estimate of drug-likeness (QED) is 0.796. The van der Waals surface area contributed by atoms with E-state index in [1.807, 2.05) is 26.8 Å². The highest BCUT2D eigenvalue weighted by Crippen LogP contribution is 2.17. The fourth-order valence-electron chi connectivity index (χ4n) is 1.98. The largest absolute Gasteiger partial charge is 0.354 e. The van der Waals surface area contributed by atoms with Crippen LogP contribution in [0.1, 0.15) is 45.2 Å². The molecule has 0 saturated carbocycles. The lowest BCUT2D eigenvalue weighted by atomic mass is 10.0. The highest BCUT2D eigenvalue weighted by Gasteiger charge is 2.10. The van der Waals surface area contributed by atoms with Gasteiger partial charge in [0, 0.05) is 25.0 Å². The molecule has 0 bridgehead atoms. The Balaban J connectivity index is 2.43. The van der Waals surface area contributed by atoms with Crippen molar-refractivity contribution in [2.75, 3.05) is 6.54 Å². The highest BCUT2D eigenvalue weighted by molar-refractivity contribution is 5.76. The van der Waals surface area contributed by atoms with Gasteiger partial charge in [-0.1, -0.05) is 19.1 Å². The summed E-state index contributed by atoms with van der Waals surface area (Å²) in [6.07, 6.45) is 1.29. The van der Waals surface area contributed by atoms with Gasteiger partial charge in [-0.3, -0.25) is 4.79 Å². The Bertz CT molecular complexity index is 407. The Morgan fingerprint density at radius 1 is 1.37 bits per heavy atom. The number of amides is 1. The summed E-state index contributed by atoms with van der Waals surface area (Å²) in [6.45, 7) is 6.50. The van der Waals surface area contributed by atoms with Crippen LogP contribution >= 0.6 is 0 Å². The van der Waals surface area contributed by atoms with E-state index < -0.39 is 0 Å². The topological polar surface area (TPSA) is 41.1 Å². The smallest absolute Gasteiger partial charge is 0.221 e. The molecule has 0 aliphatic carbocycles. The normalized spacial score (nSPS) is 12.5. The first-order valence-electron chi connectivity index (χ1n) is 6.81. The van der Waals surface area contributed by atoms with E-state index in [9.17, 15) is 9.18 Å². The molecule has 0 fully saturated rings. The molecule has 0 saturated heterocycles. The maximum Gasteiger partial charge on any atom is 0.221 e. The minimum absolute atomic E-state index is 0.0385. The average molecular weight is 266 g/mol. The highest BCUT2D eigenvalue weighted by atomic mass is 19.1. The van der Waals surface area contributed by atoms with Crippen molar-refractivity contribution in [1.82, 2.24) is 10.6 Å². The predicted octanol–water partition coefficient (Wildman–Crippen LogP) is 2.78. The lowest BCUT2D eigenvalue weighted by molar-refractivity contribution is -0.121. The maximum atomic E-state index is 13.2. The molecular formula is C15H23FN2O. The second-order valence-electron chi connectivity index (χ2n) is 4.94. The van der Waals surface area contributed by atoms with E-state index >= 15 is 0 Å². The monoisotopic (exact) mass is 266 g/mol. The molecule has 1 amide bonds. The molecular weight excluding hydrogens is 243 g/mol. The van der Waals surface area contributed by atoms with Crippen molar-refractivity contribution in [3.8, 4) is 0 Å². The predicted molar refractivity (Wildman–Crippen MR) is 75.3 cm³/mol. The minimum Gasteiger partial charge on any atom is -0.354 e. The van der Waals surface area contributed by atoms with E-state index in [-0.39, 0.29) is 23.8 Å². The SMILES string of the molecule is CCC(NCCC(=O)NC(C)C)c1cccc(F)c1. The Morgan fingerprint density at radius 2 is 2.11 bits per heavy atom. The maximum absolute atomic E-state index is 13.2. The van der Waals surface area contributed by atoms with Crippen LogP contribution in [0.15, 0.2) is 24.3 Å². The van der Waals surface area contributed by atoms with Gasteiger partial charge in [0.05, 0.1) is 0 Å². The molecule has 0 radical (unpaired) electrons. The first kappa shape index (κ1) is 15.6. The van der Waals surface area contributed by atoms with Crippen LogP contribution in [0.2, 0.25) is 0 Å². The summed E-state index contributed by atoms with van der Waals surface area (Å²) >= 11 is 0. The van der Waals surface area contributed by atoms with Gasteiger partial charge >= 0.3 is 0 Å². The second kappa shape index (κ2) is 7.89. The summed E-state index contributed by atoms with van der Waals surface area (Å²) in [7, 11) is 0. The van der Waals surface area contributed by atoms with Gasteiger partial charge in [0.25, 0.3) is 0 Å². The van der Waals surface area contributed by atoms with Crippen molar-refractivity contribution < 1.29 is 9.18 Å². The zero-order chi connectivity index (χ0) is 14.3. The molecule has 0 aliphatic heterocycles. The van der Waals surface area contributed by atoms with Crippen LogP contribution in [0, 0.1) is 5.82 Å². The van der Waals surface area contributed by atoms with E-state index in [1.165, 1.54) is 12.1 Å². The molecule has 0 heterocycles. The van der Waals surface area contributed by atoms with Crippen molar-refractivity contribution in [1.29, 1.82) is 0 Å². The molecule has 106 valence electrons. The molecule has 1 aromatic rings. The molecule has 0 spiro atoms. The molecule has 0 aromatic heterocycles. The lowest BCUT2D eigenvalue weighted by Gasteiger charge is -2.17. The number of hydrogen-bond donors (Lipinski definition) is 2. The van der Waals surface area contributed by atoms with Gasteiger partial charge in [-0.15, -0.1) is 0 Å².